The third-order valence-electron chi connectivity index (χ3n) is 3.96. The number of carbonyl (C=O) groups is 2. The highest BCUT2D eigenvalue weighted by molar-refractivity contribution is 6.36. The molecule has 0 radical (unpaired) electrons. The number of carbonyl (C=O) groups excluding carboxylic acids is 2. The topological polar surface area (TPSA) is 104 Å². The lowest BCUT2D eigenvalue weighted by atomic mass is 10.0. The summed E-state index contributed by atoms with van der Waals surface area (Å²) in [6.07, 6.45) is 1.44. The third-order valence-corrected chi connectivity index (χ3v) is 4.51. The van der Waals surface area contributed by atoms with E-state index in [2.05, 4.69) is 15.8 Å². The van der Waals surface area contributed by atoms with Gasteiger partial charge >= 0.3 is 0 Å². The van der Waals surface area contributed by atoms with Gasteiger partial charge in [-0.25, -0.2) is 5.43 Å². The maximum absolute atomic E-state index is 12.5. The van der Waals surface area contributed by atoms with Crippen molar-refractivity contribution in [3.8, 4) is 11.8 Å². The zero-order valence-electron chi connectivity index (χ0n) is 16.4. The summed E-state index contributed by atoms with van der Waals surface area (Å²) in [5, 5.41) is 15.8. The molecule has 0 aliphatic carbocycles. The third kappa shape index (κ3) is 6.76. The average Bonchev–Trinajstić information content (AvgIpc) is 2.70. The second-order valence-electron chi connectivity index (χ2n) is 6.57. The molecule has 9 heteroatoms. The summed E-state index contributed by atoms with van der Waals surface area (Å²) in [6.45, 7) is 3.53. The molecule has 0 saturated carbocycles. The Bertz CT molecular complexity index is 986. The molecule has 2 aromatic rings. The van der Waals surface area contributed by atoms with Crippen molar-refractivity contribution in [2.24, 2.45) is 11.0 Å². The van der Waals surface area contributed by atoms with Crippen LogP contribution in [0.25, 0.3) is 0 Å². The van der Waals surface area contributed by atoms with E-state index in [1.165, 1.54) is 18.3 Å². The van der Waals surface area contributed by atoms with Gasteiger partial charge in [-0.15, -0.1) is 0 Å². The molecule has 2 N–H and O–H groups in total. The van der Waals surface area contributed by atoms with Crippen LogP contribution in [-0.2, 0) is 4.79 Å². The molecule has 1 unspecified atom stereocenters. The number of hydrazone groups is 1. The van der Waals surface area contributed by atoms with Gasteiger partial charge in [-0.3, -0.25) is 9.59 Å². The van der Waals surface area contributed by atoms with Crippen LogP contribution in [0.3, 0.4) is 0 Å². The molecule has 156 valence electrons. The summed E-state index contributed by atoms with van der Waals surface area (Å²) in [5.74, 6) is -0.648. The Morgan fingerprint density at radius 3 is 2.67 bits per heavy atom. The van der Waals surface area contributed by atoms with Crippen molar-refractivity contribution in [3.63, 3.8) is 0 Å². The van der Waals surface area contributed by atoms with Gasteiger partial charge in [-0.2, -0.15) is 10.4 Å². The van der Waals surface area contributed by atoms with Crippen molar-refractivity contribution >= 4 is 41.2 Å². The first-order valence-electron chi connectivity index (χ1n) is 9.00. The highest BCUT2D eigenvalue weighted by atomic mass is 35.5. The smallest absolute Gasteiger partial charge is 0.262 e. The molecule has 2 amide bonds. The Morgan fingerprint density at radius 1 is 1.23 bits per heavy atom. The monoisotopic (exact) mass is 446 g/mol. The number of nitrogens with zero attached hydrogens (tertiary/aromatic N) is 2. The number of rotatable bonds is 8. The lowest BCUT2D eigenvalue weighted by molar-refractivity contribution is -0.123. The highest BCUT2D eigenvalue weighted by Crippen LogP contribution is 2.21. The number of ether oxygens (including phenoxy) is 1. The summed E-state index contributed by atoms with van der Waals surface area (Å²) in [4.78, 5) is 25.1. The van der Waals surface area contributed by atoms with Crippen molar-refractivity contribution in [2.45, 2.75) is 19.9 Å². The summed E-state index contributed by atoms with van der Waals surface area (Å²) in [7, 11) is 0. The number of benzene rings is 2. The summed E-state index contributed by atoms with van der Waals surface area (Å²) < 4.78 is 5.22. The van der Waals surface area contributed by atoms with E-state index in [-0.39, 0.29) is 23.1 Å². The van der Waals surface area contributed by atoms with E-state index in [1.54, 1.807) is 44.2 Å². The largest absolute Gasteiger partial charge is 0.479 e. The zero-order chi connectivity index (χ0) is 22.1. The number of hydrogen-bond acceptors (Lipinski definition) is 5. The minimum absolute atomic E-state index is 0.0647. The van der Waals surface area contributed by atoms with Gasteiger partial charge < -0.3 is 10.1 Å². The number of halogens is 2. The van der Waals surface area contributed by atoms with E-state index in [4.69, 9.17) is 33.2 Å². The van der Waals surface area contributed by atoms with Crippen LogP contribution in [0.15, 0.2) is 47.6 Å². The summed E-state index contributed by atoms with van der Waals surface area (Å²) in [5.41, 5.74) is 3.31. The Morgan fingerprint density at radius 2 is 2.00 bits per heavy atom. The Labute approximate surface area is 184 Å². The summed E-state index contributed by atoms with van der Waals surface area (Å²) in [6, 6.07) is 12.5. The second kappa shape index (κ2) is 11.2. The van der Waals surface area contributed by atoms with Crippen LogP contribution in [0.4, 0.5) is 0 Å². The fourth-order valence-electron chi connectivity index (χ4n) is 2.47. The standard InChI is InChI=1S/C21H20Cl2N4O3/c1-13(2)19(26-20(28)17-7-6-15(22)11-18(17)23)21(29)27-25-12-14-4-3-5-16(10-14)30-9-8-24/h3-7,10-13,19H,9H2,1-2H3,(H,26,28)(H,27,29). The van der Waals surface area contributed by atoms with Gasteiger partial charge in [0.2, 0.25) is 0 Å². The predicted octanol–water partition coefficient (Wildman–Crippen LogP) is 3.80. The lowest BCUT2D eigenvalue weighted by Gasteiger charge is -2.20. The van der Waals surface area contributed by atoms with Crippen LogP contribution in [-0.4, -0.2) is 30.7 Å². The van der Waals surface area contributed by atoms with Gasteiger partial charge in [0.15, 0.2) is 6.61 Å². The first-order chi connectivity index (χ1) is 14.3. The molecule has 7 nitrogen and oxygen atoms in total. The quantitative estimate of drug-likeness (QED) is 0.475. The van der Waals surface area contributed by atoms with Crippen LogP contribution in [0.1, 0.15) is 29.8 Å². The van der Waals surface area contributed by atoms with Crippen molar-refractivity contribution in [3.05, 3.63) is 63.6 Å². The number of hydrogen-bond donors (Lipinski definition) is 2. The van der Waals surface area contributed by atoms with Gasteiger partial charge in [0.05, 0.1) is 16.8 Å². The lowest BCUT2D eigenvalue weighted by Crippen LogP contribution is -2.48. The maximum Gasteiger partial charge on any atom is 0.262 e. The molecule has 2 aromatic carbocycles. The Hall–Kier alpha value is -3.08. The fourth-order valence-corrected chi connectivity index (χ4v) is 2.96. The molecule has 0 fully saturated rings. The van der Waals surface area contributed by atoms with Crippen molar-refractivity contribution in [1.82, 2.24) is 10.7 Å². The molecular weight excluding hydrogens is 427 g/mol. The molecule has 0 aromatic heterocycles. The number of amides is 2. The SMILES string of the molecule is CC(C)C(NC(=O)c1ccc(Cl)cc1Cl)C(=O)NN=Cc1cccc(OCC#N)c1. The van der Waals surface area contributed by atoms with Crippen LogP contribution in [0.5, 0.6) is 5.75 Å². The number of nitriles is 1. The Balaban J connectivity index is 2.03. The van der Waals surface area contributed by atoms with E-state index in [9.17, 15) is 9.59 Å². The van der Waals surface area contributed by atoms with E-state index in [0.717, 1.165) is 0 Å². The number of nitrogens with one attached hydrogen (secondary N) is 2. The normalized spacial score (nSPS) is 11.7. The molecule has 0 aliphatic heterocycles. The minimum atomic E-state index is -0.827. The highest BCUT2D eigenvalue weighted by Gasteiger charge is 2.25. The molecule has 0 spiro atoms. The van der Waals surface area contributed by atoms with Gasteiger partial charge in [0.25, 0.3) is 11.8 Å². The second-order valence-corrected chi connectivity index (χ2v) is 7.42. The summed E-state index contributed by atoms with van der Waals surface area (Å²) >= 11 is 11.9. The van der Waals surface area contributed by atoms with Crippen molar-refractivity contribution < 1.29 is 14.3 Å². The van der Waals surface area contributed by atoms with Crippen LogP contribution >= 0.6 is 23.2 Å². The first kappa shape index (κ1) is 23.2. The van der Waals surface area contributed by atoms with Gasteiger partial charge in [-0.05, 0) is 41.8 Å². The van der Waals surface area contributed by atoms with Crippen molar-refractivity contribution in [2.75, 3.05) is 6.61 Å². The first-order valence-corrected chi connectivity index (χ1v) is 9.76. The van der Waals surface area contributed by atoms with Crippen LogP contribution in [0.2, 0.25) is 10.0 Å². The van der Waals surface area contributed by atoms with Crippen LogP contribution < -0.4 is 15.5 Å². The maximum atomic E-state index is 12.5. The van der Waals surface area contributed by atoms with E-state index in [1.807, 2.05) is 6.07 Å². The van der Waals surface area contributed by atoms with E-state index >= 15 is 0 Å². The molecule has 2 rings (SSSR count). The minimum Gasteiger partial charge on any atom is -0.479 e. The molecule has 0 aliphatic rings. The molecule has 0 saturated heterocycles. The van der Waals surface area contributed by atoms with Crippen LogP contribution in [0, 0.1) is 17.2 Å². The Kier molecular flexibility index (Phi) is 8.66. The predicted molar refractivity (Wildman–Crippen MR) is 116 cm³/mol. The van der Waals surface area contributed by atoms with Gasteiger partial charge in [-0.1, -0.05) is 49.2 Å². The molecule has 0 heterocycles. The molecule has 0 bridgehead atoms. The van der Waals surface area contributed by atoms with E-state index in [0.29, 0.717) is 16.3 Å². The van der Waals surface area contributed by atoms with E-state index < -0.39 is 17.9 Å². The molecular formula is C21H20Cl2N4O3. The molecule has 30 heavy (non-hydrogen) atoms. The average molecular weight is 447 g/mol. The zero-order valence-corrected chi connectivity index (χ0v) is 17.9. The van der Waals surface area contributed by atoms with Gasteiger partial charge in [0.1, 0.15) is 17.9 Å². The van der Waals surface area contributed by atoms with Gasteiger partial charge in [0, 0.05) is 5.02 Å². The fraction of sp³-hybridized carbons (Fsp3) is 0.238. The molecule has 1 atom stereocenters. The van der Waals surface area contributed by atoms with Crippen molar-refractivity contribution in [1.29, 1.82) is 5.26 Å².